The van der Waals surface area contributed by atoms with Gasteiger partial charge in [-0.3, -0.25) is 0 Å². The lowest BCUT2D eigenvalue weighted by atomic mass is 9.97. The molecule has 0 aromatic carbocycles. The van der Waals surface area contributed by atoms with Crippen molar-refractivity contribution in [1.29, 1.82) is 0 Å². The Kier molecular flexibility index (Phi) is 2.51. The molecule has 0 aliphatic carbocycles. The molecule has 6 nitrogen and oxygen atoms in total. The van der Waals surface area contributed by atoms with Crippen LogP contribution in [0, 0.1) is 0 Å². The summed E-state index contributed by atoms with van der Waals surface area (Å²) in [7, 11) is 0. The topological polar surface area (TPSA) is 69.5 Å². The molecule has 0 unspecified atom stereocenters. The van der Waals surface area contributed by atoms with Crippen molar-refractivity contribution in [3.63, 3.8) is 0 Å². The second kappa shape index (κ2) is 3.66. The van der Waals surface area contributed by atoms with Crippen LogP contribution in [0.2, 0.25) is 0 Å². The third kappa shape index (κ3) is 1.75. The molecule has 3 rings (SSSR count). The van der Waals surface area contributed by atoms with Gasteiger partial charge in [-0.2, -0.15) is 0 Å². The molecule has 3 heterocycles. The molecule has 3 aliphatic heterocycles. The summed E-state index contributed by atoms with van der Waals surface area (Å²) < 4.78 is 17.1. The van der Waals surface area contributed by atoms with Gasteiger partial charge in [0, 0.05) is 0 Å². The van der Waals surface area contributed by atoms with Crippen LogP contribution >= 0.6 is 0 Å². The van der Waals surface area contributed by atoms with Crippen molar-refractivity contribution in [2.75, 3.05) is 6.61 Å². The van der Waals surface area contributed by atoms with Gasteiger partial charge < -0.3 is 24.2 Å². The maximum Gasteiger partial charge on any atom is 0.187 e. The predicted molar refractivity (Wildman–Crippen MR) is 62.2 cm³/mol. The van der Waals surface area contributed by atoms with Crippen LogP contribution < -0.4 is 0 Å². The lowest BCUT2D eigenvalue weighted by Crippen LogP contribution is -2.39. The number of hydrogen-bond donors (Lipinski definition) is 1. The first-order chi connectivity index (χ1) is 8.30. The highest BCUT2D eigenvalue weighted by molar-refractivity contribution is 5.94. The molecule has 4 atom stereocenters. The van der Waals surface area contributed by atoms with E-state index in [2.05, 4.69) is 5.16 Å². The number of hydrogen-bond acceptors (Lipinski definition) is 6. The number of nitrogens with zero attached hydrogens (tertiary/aromatic N) is 1. The van der Waals surface area contributed by atoms with Gasteiger partial charge in [-0.25, -0.2) is 0 Å². The molecular formula is C12H19NO5. The Hall–Kier alpha value is -0.690. The summed E-state index contributed by atoms with van der Waals surface area (Å²) in [6, 6.07) is 0. The average molecular weight is 257 g/mol. The number of fused-ring (bicyclic) bond motifs is 1. The van der Waals surface area contributed by atoms with Crippen LogP contribution in [0.1, 0.15) is 27.7 Å². The second-order valence-corrected chi connectivity index (χ2v) is 5.99. The number of oxime groups is 1. The summed E-state index contributed by atoms with van der Waals surface area (Å²) in [5, 5.41) is 14.1. The highest BCUT2D eigenvalue weighted by atomic mass is 16.7. The molecule has 1 N–H and O–H groups in total. The monoisotopic (exact) mass is 257 g/mol. The molecule has 18 heavy (non-hydrogen) atoms. The van der Waals surface area contributed by atoms with Crippen molar-refractivity contribution in [3.05, 3.63) is 0 Å². The van der Waals surface area contributed by atoms with Crippen molar-refractivity contribution in [2.24, 2.45) is 5.16 Å². The van der Waals surface area contributed by atoms with Crippen LogP contribution in [0.25, 0.3) is 0 Å². The minimum Gasteiger partial charge on any atom is -0.386 e. The van der Waals surface area contributed by atoms with Gasteiger partial charge >= 0.3 is 0 Å². The fraction of sp³-hybridized carbons (Fsp3) is 0.917. The normalized spacial score (nSPS) is 44.6. The molecular weight excluding hydrogens is 238 g/mol. The average Bonchev–Trinajstić information content (AvgIpc) is 2.85. The van der Waals surface area contributed by atoms with E-state index in [1.54, 1.807) is 0 Å². The van der Waals surface area contributed by atoms with Crippen molar-refractivity contribution >= 4 is 5.71 Å². The summed E-state index contributed by atoms with van der Waals surface area (Å²) in [6.07, 6.45) is -1.75. The SMILES string of the molecule is CC1(C)OC[C@H](C2=NO[C@@H]3[C@H]2OC(C)(C)[C@H]3O)O1. The maximum absolute atomic E-state index is 10.1. The van der Waals surface area contributed by atoms with E-state index in [9.17, 15) is 5.11 Å². The van der Waals surface area contributed by atoms with Crippen molar-refractivity contribution in [3.8, 4) is 0 Å². The van der Waals surface area contributed by atoms with Crippen LogP contribution in [0.4, 0.5) is 0 Å². The minimum absolute atomic E-state index is 0.268. The zero-order valence-electron chi connectivity index (χ0n) is 11.0. The molecule has 0 aromatic heterocycles. The van der Waals surface area contributed by atoms with E-state index in [0.717, 1.165) is 0 Å². The van der Waals surface area contributed by atoms with Gasteiger partial charge in [0.15, 0.2) is 11.9 Å². The van der Waals surface area contributed by atoms with Gasteiger partial charge in [-0.05, 0) is 27.7 Å². The summed E-state index contributed by atoms with van der Waals surface area (Å²) in [6.45, 7) is 7.82. The fourth-order valence-corrected chi connectivity index (χ4v) is 2.62. The van der Waals surface area contributed by atoms with E-state index < -0.39 is 23.6 Å². The van der Waals surface area contributed by atoms with Gasteiger partial charge in [-0.15, -0.1) is 0 Å². The molecule has 0 spiro atoms. The smallest absolute Gasteiger partial charge is 0.187 e. The first kappa shape index (κ1) is 12.3. The number of aliphatic hydroxyl groups is 1. The minimum atomic E-state index is -0.695. The molecule has 3 aliphatic rings. The van der Waals surface area contributed by atoms with Gasteiger partial charge in [-0.1, -0.05) is 5.16 Å². The van der Waals surface area contributed by atoms with Gasteiger partial charge in [0.05, 0.1) is 12.2 Å². The second-order valence-electron chi connectivity index (χ2n) is 5.99. The Morgan fingerprint density at radius 2 is 1.94 bits per heavy atom. The first-order valence-corrected chi connectivity index (χ1v) is 6.21. The fourth-order valence-electron chi connectivity index (χ4n) is 2.62. The van der Waals surface area contributed by atoms with Crippen molar-refractivity contribution in [1.82, 2.24) is 0 Å². The molecule has 0 bridgehead atoms. The summed E-state index contributed by atoms with van der Waals surface area (Å²) in [5.74, 6) is -0.613. The molecule has 2 saturated heterocycles. The van der Waals surface area contributed by atoms with Crippen LogP contribution in [0.15, 0.2) is 5.16 Å². The molecule has 102 valence electrons. The van der Waals surface area contributed by atoms with E-state index in [4.69, 9.17) is 19.0 Å². The van der Waals surface area contributed by atoms with Crippen molar-refractivity contribution < 1.29 is 24.2 Å². The quantitative estimate of drug-likeness (QED) is 0.737. The van der Waals surface area contributed by atoms with Crippen LogP contribution in [0.5, 0.6) is 0 Å². The van der Waals surface area contributed by atoms with Crippen LogP contribution in [-0.2, 0) is 19.0 Å². The van der Waals surface area contributed by atoms with Gasteiger partial charge in [0.2, 0.25) is 0 Å². The molecule has 6 heteroatoms. The van der Waals surface area contributed by atoms with Gasteiger partial charge in [0.1, 0.15) is 24.0 Å². The highest BCUT2D eigenvalue weighted by Gasteiger charge is 2.57. The van der Waals surface area contributed by atoms with Gasteiger partial charge in [0.25, 0.3) is 0 Å². The van der Waals surface area contributed by atoms with Crippen molar-refractivity contribution in [2.45, 2.75) is 63.5 Å². The third-order valence-corrected chi connectivity index (χ3v) is 3.66. The Morgan fingerprint density at radius 1 is 1.22 bits per heavy atom. The zero-order chi connectivity index (χ0) is 13.1. The van der Waals surface area contributed by atoms with E-state index >= 15 is 0 Å². The molecule has 0 radical (unpaired) electrons. The Morgan fingerprint density at radius 3 is 2.56 bits per heavy atom. The standard InChI is InChI=1S/C12H19NO5/c1-11(2)10(14)9-8(17-11)7(13-18-9)6-5-15-12(3,4)16-6/h6,8-10,14H,5H2,1-4H3/t6-,8+,9-,10+/m1/s1. The number of aliphatic hydroxyl groups excluding tert-OH is 1. The molecule has 0 amide bonds. The Labute approximate surface area is 106 Å². The largest absolute Gasteiger partial charge is 0.386 e. The summed E-state index contributed by atoms with van der Waals surface area (Å²) in [5.41, 5.74) is 0.0427. The maximum atomic E-state index is 10.1. The lowest BCUT2D eigenvalue weighted by Gasteiger charge is -2.23. The highest BCUT2D eigenvalue weighted by Crippen LogP contribution is 2.38. The number of rotatable bonds is 1. The van der Waals surface area contributed by atoms with E-state index in [-0.39, 0.29) is 12.2 Å². The predicted octanol–water partition coefficient (Wildman–Crippen LogP) is 0.431. The Bertz CT molecular complexity index is 392. The van der Waals surface area contributed by atoms with Crippen LogP contribution in [-0.4, -0.2) is 53.2 Å². The van der Waals surface area contributed by atoms with Crippen LogP contribution in [0.3, 0.4) is 0 Å². The molecule has 0 aromatic rings. The van der Waals surface area contributed by atoms with E-state index in [0.29, 0.717) is 12.3 Å². The van der Waals surface area contributed by atoms with E-state index in [1.807, 2.05) is 27.7 Å². The lowest BCUT2D eigenvalue weighted by molar-refractivity contribution is -0.132. The third-order valence-electron chi connectivity index (χ3n) is 3.66. The Balaban J connectivity index is 1.77. The van der Waals surface area contributed by atoms with E-state index in [1.165, 1.54) is 0 Å². The number of ether oxygens (including phenoxy) is 3. The summed E-state index contributed by atoms with van der Waals surface area (Å²) >= 11 is 0. The first-order valence-electron chi connectivity index (χ1n) is 6.21. The zero-order valence-corrected chi connectivity index (χ0v) is 11.0. The molecule has 2 fully saturated rings. The molecule has 0 saturated carbocycles. The summed E-state index contributed by atoms with van der Waals surface area (Å²) in [4.78, 5) is 5.30.